The quantitative estimate of drug-likeness (QED) is 0.845. The molecule has 1 fully saturated rings. The zero-order chi connectivity index (χ0) is 11.8. The molecule has 0 bridgehead atoms. The predicted molar refractivity (Wildman–Crippen MR) is 53.4 cm³/mol. The molecule has 1 unspecified atom stereocenters. The number of ether oxygens (including phenoxy) is 1. The Hall–Kier alpha value is -1.23. The van der Waals surface area contributed by atoms with Crippen LogP contribution in [0.2, 0.25) is 0 Å². The van der Waals surface area contributed by atoms with Gasteiger partial charge in [0.2, 0.25) is 0 Å². The zero-order valence-corrected chi connectivity index (χ0v) is 8.77. The molecule has 1 aliphatic rings. The highest BCUT2D eigenvalue weighted by Gasteiger charge is 2.35. The molecular formula is C11H12F3NO. The van der Waals surface area contributed by atoms with Crippen LogP contribution in [0.1, 0.15) is 23.6 Å². The molecule has 16 heavy (non-hydrogen) atoms. The fourth-order valence-electron chi connectivity index (χ4n) is 1.74. The van der Waals surface area contributed by atoms with Gasteiger partial charge in [-0.3, -0.25) is 0 Å². The molecule has 1 heterocycles. The lowest BCUT2D eigenvalue weighted by Gasteiger charge is -2.28. The SMILES string of the molecule is COc1ccc(C2CCN2)cc1C(F)(F)F. The van der Waals surface area contributed by atoms with Gasteiger partial charge in [-0.15, -0.1) is 0 Å². The molecule has 0 aliphatic carbocycles. The van der Waals surface area contributed by atoms with Crippen molar-refractivity contribution in [1.29, 1.82) is 0 Å². The molecule has 0 aromatic heterocycles. The maximum absolute atomic E-state index is 12.7. The van der Waals surface area contributed by atoms with Crippen molar-refractivity contribution in [1.82, 2.24) is 5.32 Å². The Balaban J connectivity index is 2.38. The lowest BCUT2D eigenvalue weighted by molar-refractivity contribution is -0.138. The van der Waals surface area contributed by atoms with Crippen LogP contribution >= 0.6 is 0 Å². The Labute approximate surface area is 91.4 Å². The molecule has 1 saturated heterocycles. The second kappa shape index (κ2) is 3.97. The van der Waals surface area contributed by atoms with Crippen LogP contribution in [0.3, 0.4) is 0 Å². The van der Waals surface area contributed by atoms with E-state index in [9.17, 15) is 13.2 Å². The minimum Gasteiger partial charge on any atom is -0.496 e. The summed E-state index contributed by atoms with van der Waals surface area (Å²) in [6.45, 7) is 0.859. The van der Waals surface area contributed by atoms with E-state index in [1.54, 1.807) is 6.07 Å². The van der Waals surface area contributed by atoms with Crippen LogP contribution in [0.5, 0.6) is 5.75 Å². The summed E-state index contributed by atoms with van der Waals surface area (Å²) in [5, 5.41) is 3.07. The first-order valence-corrected chi connectivity index (χ1v) is 5.01. The molecule has 1 N–H and O–H groups in total. The minimum atomic E-state index is -4.37. The predicted octanol–water partition coefficient (Wildman–Crippen LogP) is 2.75. The first-order chi connectivity index (χ1) is 7.52. The van der Waals surface area contributed by atoms with E-state index in [-0.39, 0.29) is 11.8 Å². The molecule has 0 spiro atoms. The van der Waals surface area contributed by atoms with Gasteiger partial charge in [-0.05, 0) is 30.7 Å². The van der Waals surface area contributed by atoms with Gasteiger partial charge in [0.25, 0.3) is 0 Å². The summed E-state index contributed by atoms with van der Waals surface area (Å²) in [4.78, 5) is 0. The highest BCUT2D eigenvalue weighted by Crippen LogP contribution is 2.38. The maximum Gasteiger partial charge on any atom is 0.419 e. The molecule has 1 aromatic carbocycles. The highest BCUT2D eigenvalue weighted by atomic mass is 19.4. The third kappa shape index (κ3) is 2.00. The summed E-state index contributed by atoms with van der Waals surface area (Å²) >= 11 is 0. The fourth-order valence-corrected chi connectivity index (χ4v) is 1.74. The van der Waals surface area contributed by atoms with E-state index in [2.05, 4.69) is 5.32 Å². The Morgan fingerprint density at radius 3 is 2.50 bits per heavy atom. The van der Waals surface area contributed by atoms with E-state index in [1.165, 1.54) is 13.2 Å². The second-order valence-electron chi connectivity index (χ2n) is 3.75. The summed E-state index contributed by atoms with van der Waals surface area (Å²) < 4.78 is 42.8. The largest absolute Gasteiger partial charge is 0.496 e. The number of hydrogen-bond acceptors (Lipinski definition) is 2. The molecule has 88 valence electrons. The molecule has 1 aromatic rings. The van der Waals surface area contributed by atoms with Crippen molar-refractivity contribution in [2.45, 2.75) is 18.6 Å². The third-order valence-electron chi connectivity index (χ3n) is 2.76. The van der Waals surface area contributed by atoms with Crippen LogP contribution in [0, 0.1) is 0 Å². The molecule has 5 heteroatoms. The van der Waals surface area contributed by atoms with E-state index in [0.717, 1.165) is 19.0 Å². The van der Waals surface area contributed by atoms with Crippen molar-refractivity contribution >= 4 is 0 Å². The molecule has 0 saturated carbocycles. The van der Waals surface area contributed by atoms with Gasteiger partial charge in [-0.1, -0.05) is 6.07 Å². The zero-order valence-electron chi connectivity index (χ0n) is 8.77. The number of methoxy groups -OCH3 is 1. The maximum atomic E-state index is 12.7. The second-order valence-corrected chi connectivity index (χ2v) is 3.75. The summed E-state index contributed by atoms with van der Waals surface area (Å²) in [7, 11) is 1.24. The van der Waals surface area contributed by atoms with Crippen molar-refractivity contribution in [3.63, 3.8) is 0 Å². The summed E-state index contributed by atoms with van der Waals surface area (Å²) in [5.41, 5.74) is -0.0411. The molecule has 1 atom stereocenters. The Morgan fingerprint density at radius 1 is 1.38 bits per heavy atom. The molecular weight excluding hydrogens is 219 g/mol. The van der Waals surface area contributed by atoms with Crippen molar-refractivity contribution in [2.75, 3.05) is 13.7 Å². The van der Waals surface area contributed by atoms with E-state index in [1.807, 2.05) is 0 Å². The highest BCUT2D eigenvalue weighted by molar-refractivity contribution is 5.40. The van der Waals surface area contributed by atoms with Crippen LogP contribution in [0.4, 0.5) is 13.2 Å². The summed E-state index contributed by atoms with van der Waals surface area (Å²) in [5.74, 6) is -0.129. The number of hydrogen-bond donors (Lipinski definition) is 1. The first-order valence-electron chi connectivity index (χ1n) is 5.01. The normalized spacial score (nSPS) is 20.4. The lowest BCUT2D eigenvalue weighted by atomic mass is 9.96. The average molecular weight is 231 g/mol. The number of alkyl halides is 3. The van der Waals surface area contributed by atoms with Gasteiger partial charge in [0.05, 0.1) is 12.7 Å². The topological polar surface area (TPSA) is 21.3 Å². The average Bonchev–Trinajstić information content (AvgIpc) is 2.13. The van der Waals surface area contributed by atoms with Gasteiger partial charge in [-0.25, -0.2) is 0 Å². The molecule has 0 radical (unpaired) electrons. The molecule has 2 nitrogen and oxygen atoms in total. The molecule has 1 aliphatic heterocycles. The van der Waals surface area contributed by atoms with Crippen molar-refractivity contribution < 1.29 is 17.9 Å². The number of halogens is 3. The van der Waals surface area contributed by atoms with Crippen LogP contribution in [-0.2, 0) is 6.18 Å². The minimum absolute atomic E-state index is 0.0482. The Kier molecular flexibility index (Phi) is 2.80. The molecule has 0 amide bonds. The van der Waals surface area contributed by atoms with Crippen LogP contribution in [0.25, 0.3) is 0 Å². The van der Waals surface area contributed by atoms with E-state index in [0.29, 0.717) is 5.56 Å². The first kappa shape index (κ1) is 11.3. The van der Waals surface area contributed by atoms with E-state index in [4.69, 9.17) is 4.74 Å². The van der Waals surface area contributed by atoms with Crippen LogP contribution in [-0.4, -0.2) is 13.7 Å². The van der Waals surface area contributed by atoms with Crippen molar-refractivity contribution in [3.8, 4) is 5.75 Å². The Morgan fingerprint density at radius 2 is 2.06 bits per heavy atom. The van der Waals surface area contributed by atoms with Gasteiger partial charge in [0.15, 0.2) is 0 Å². The number of rotatable bonds is 2. The fraction of sp³-hybridized carbons (Fsp3) is 0.455. The van der Waals surface area contributed by atoms with Gasteiger partial charge >= 0.3 is 6.18 Å². The van der Waals surface area contributed by atoms with E-state index < -0.39 is 11.7 Å². The van der Waals surface area contributed by atoms with Crippen molar-refractivity contribution in [2.24, 2.45) is 0 Å². The number of benzene rings is 1. The van der Waals surface area contributed by atoms with Crippen LogP contribution in [0.15, 0.2) is 18.2 Å². The van der Waals surface area contributed by atoms with Crippen molar-refractivity contribution in [3.05, 3.63) is 29.3 Å². The number of nitrogens with one attached hydrogen (secondary N) is 1. The van der Waals surface area contributed by atoms with Gasteiger partial charge in [0, 0.05) is 6.04 Å². The monoisotopic (exact) mass is 231 g/mol. The summed E-state index contributed by atoms with van der Waals surface area (Å²) in [6.07, 6.45) is -3.49. The van der Waals surface area contributed by atoms with Gasteiger partial charge in [-0.2, -0.15) is 13.2 Å². The standard InChI is InChI=1S/C11H12F3NO/c1-16-10-3-2-7(9-4-5-15-9)6-8(10)11(12,13)14/h2-3,6,9,15H,4-5H2,1H3. The van der Waals surface area contributed by atoms with E-state index >= 15 is 0 Å². The smallest absolute Gasteiger partial charge is 0.419 e. The van der Waals surface area contributed by atoms with Gasteiger partial charge < -0.3 is 10.1 Å². The Bertz CT molecular complexity index is 385. The third-order valence-corrected chi connectivity index (χ3v) is 2.76. The van der Waals surface area contributed by atoms with Crippen LogP contribution < -0.4 is 10.1 Å². The summed E-state index contributed by atoms with van der Waals surface area (Å²) in [6, 6.07) is 4.26. The molecule has 2 rings (SSSR count). The lowest BCUT2D eigenvalue weighted by Crippen LogP contribution is -2.35. The van der Waals surface area contributed by atoms with Gasteiger partial charge in [0.1, 0.15) is 5.75 Å².